The lowest BCUT2D eigenvalue weighted by atomic mass is 10.1. The van der Waals surface area contributed by atoms with Gasteiger partial charge in [0.15, 0.2) is 11.0 Å². The Morgan fingerprint density at radius 3 is 2.68 bits per heavy atom. The third-order valence-corrected chi connectivity index (χ3v) is 6.40. The molecule has 7 nitrogen and oxygen atoms in total. The highest BCUT2D eigenvalue weighted by Crippen LogP contribution is 2.32. The standard InChI is InChI=1S/C22H20ClN5O2S/c23-15-5-7-16(8-6-15)28-21(18-13-24-19-4-2-1-3-17(18)19)25-26-22(28)31-14-20(29)27-9-11-30-12-10-27/h1-8,13,24H,9-12,14H2. The summed E-state index contributed by atoms with van der Waals surface area (Å²) in [5.41, 5.74) is 2.86. The van der Waals surface area contributed by atoms with Crippen molar-refractivity contribution in [2.75, 3.05) is 32.1 Å². The summed E-state index contributed by atoms with van der Waals surface area (Å²) in [6.45, 7) is 2.43. The van der Waals surface area contributed by atoms with Gasteiger partial charge in [0, 0.05) is 46.5 Å². The van der Waals surface area contributed by atoms with Crippen LogP contribution in [-0.4, -0.2) is 62.6 Å². The molecule has 1 N–H and O–H groups in total. The molecule has 3 heterocycles. The van der Waals surface area contributed by atoms with Crippen LogP contribution >= 0.6 is 23.4 Å². The van der Waals surface area contributed by atoms with Gasteiger partial charge >= 0.3 is 0 Å². The lowest BCUT2D eigenvalue weighted by Gasteiger charge is -2.26. The summed E-state index contributed by atoms with van der Waals surface area (Å²) in [5, 5.41) is 11.3. The summed E-state index contributed by atoms with van der Waals surface area (Å²) >= 11 is 7.49. The highest BCUT2D eigenvalue weighted by atomic mass is 35.5. The second-order valence-corrected chi connectivity index (χ2v) is 8.53. The van der Waals surface area contributed by atoms with Crippen molar-refractivity contribution in [1.82, 2.24) is 24.6 Å². The van der Waals surface area contributed by atoms with Crippen LogP contribution in [-0.2, 0) is 9.53 Å². The summed E-state index contributed by atoms with van der Waals surface area (Å²) in [7, 11) is 0. The normalized spacial score (nSPS) is 14.3. The largest absolute Gasteiger partial charge is 0.378 e. The molecule has 0 spiro atoms. The first-order chi connectivity index (χ1) is 15.2. The number of rotatable bonds is 5. The fourth-order valence-electron chi connectivity index (χ4n) is 3.65. The maximum atomic E-state index is 12.6. The molecule has 1 aliphatic rings. The molecule has 0 aliphatic carbocycles. The van der Waals surface area contributed by atoms with E-state index in [4.69, 9.17) is 16.3 Å². The van der Waals surface area contributed by atoms with Gasteiger partial charge in [0.2, 0.25) is 5.91 Å². The average molecular weight is 454 g/mol. The van der Waals surface area contributed by atoms with Gasteiger partial charge in [0.25, 0.3) is 0 Å². The molecular weight excluding hydrogens is 434 g/mol. The molecule has 31 heavy (non-hydrogen) atoms. The summed E-state index contributed by atoms with van der Waals surface area (Å²) in [6.07, 6.45) is 1.94. The monoisotopic (exact) mass is 453 g/mol. The van der Waals surface area contributed by atoms with Crippen LogP contribution in [0.4, 0.5) is 0 Å². The van der Waals surface area contributed by atoms with Gasteiger partial charge in [-0.1, -0.05) is 41.6 Å². The second-order valence-electron chi connectivity index (χ2n) is 7.15. The minimum atomic E-state index is 0.0765. The number of nitrogens with zero attached hydrogens (tertiary/aromatic N) is 4. The van der Waals surface area contributed by atoms with Crippen molar-refractivity contribution in [2.24, 2.45) is 0 Å². The molecule has 0 saturated carbocycles. The molecular formula is C22H20ClN5O2S. The summed E-state index contributed by atoms with van der Waals surface area (Å²) in [6, 6.07) is 15.6. The molecule has 1 aliphatic heterocycles. The van der Waals surface area contributed by atoms with Crippen molar-refractivity contribution in [3.63, 3.8) is 0 Å². The smallest absolute Gasteiger partial charge is 0.233 e. The number of fused-ring (bicyclic) bond motifs is 1. The molecule has 5 rings (SSSR count). The van der Waals surface area contributed by atoms with Gasteiger partial charge < -0.3 is 14.6 Å². The van der Waals surface area contributed by atoms with Gasteiger partial charge in [-0.2, -0.15) is 0 Å². The van der Waals surface area contributed by atoms with E-state index in [2.05, 4.69) is 21.2 Å². The van der Waals surface area contributed by atoms with Crippen LogP contribution in [0.15, 0.2) is 59.9 Å². The molecule has 1 fully saturated rings. The molecule has 1 amide bonds. The minimum Gasteiger partial charge on any atom is -0.378 e. The molecule has 4 aromatic rings. The van der Waals surface area contributed by atoms with Gasteiger partial charge in [-0.15, -0.1) is 10.2 Å². The highest BCUT2D eigenvalue weighted by molar-refractivity contribution is 7.99. The van der Waals surface area contributed by atoms with Crippen LogP contribution in [0.1, 0.15) is 0 Å². The second kappa shape index (κ2) is 8.74. The number of nitrogens with one attached hydrogen (secondary N) is 1. The maximum absolute atomic E-state index is 12.6. The third kappa shape index (κ3) is 4.06. The number of aromatic amines is 1. The molecule has 9 heteroatoms. The Labute approximate surface area is 188 Å². The first kappa shape index (κ1) is 20.1. The van der Waals surface area contributed by atoms with Gasteiger partial charge in [-0.25, -0.2) is 0 Å². The molecule has 0 unspecified atom stereocenters. The number of hydrogen-bond acceptors (Lipinski definition) is 5. The average Bonchev–Trinajstić information content (AvgIpc) is 3.42. The van der Waals surface area contributed by atoms with Crippen LogP contribution in [0.3, 0.4) is 0 Å². The lowest BCUT2D eigenvalue weighted by Crippen LogP contribution is -2.41. The Morgan fingerprint density at radius 2 is 1.87 bits per heavy atom. The summed E-state index contributed by atoms with van der Waals surface area (Å²) < 4.78 is 7.31. The topological polar surface area (TPSA) is 76.0 Å². The fraction of sp³-hybridized carbons (Fsp3) is 0.227. The number of amides is 1. The number of halogens is 1. The zero-order valence-electron chi connectivity index (χ0n) is 16.6. The predicted octanol–water partition coefficient (Wildman–Crippen LogP) is 4.02. The molecule has 2 aromatic carbocycles. The van der Waals surface area contributed by atoms with Crippen LogP contribution in [0.25, 0.3) is 28.0 Å². The fourth-order valence-corrected chi connectivity index (χ4v) is 4.63. The summed E-state index contributed by atoms with van der Waals surface area (Å²) in [4.78, 5) is 17.8. The Morgan fingerprint density at radius 1 is 1.10 bits per heavy atom. The van der Waals surface area contributed by atoms with Crippen LogP contribution < -0.4 is 0 Å². The quantitative estimate of drug-likeness (QED) is 0.462. The van der Waals surface area contributed by atoms with Crippen molar-refractivity contribution < 1.29 is 9.53 Å². The number of H-pyrrole nitrogens is 1. The number of morpholine rings is 1. The zero-order chi connectivity index (χ0) is 21.2. The summed E-state index contributed by atoms with van der Waals surface area (Å²) in [5.74, 6) is 1.08. The lowest BCUT2D eigenvalue weighted by molar-refractivity contribution is -0.132. The van der Waals surface area contributed by atoms with E-state index < -0.39 is 0 Å². The van der Waals surface area contributed by atoms with E-state index in [1.165, 1.54) is 11.8 Å². The van der Waals surface area contributed by atoms with Crippen molar-refractivity contribution >= 4 is 40.2 Å². The molecule has 1 saturated heterocycles. The molecule has 0 bridgehead atoms. The number of benzene rings is 2. The Hall–Kier alpha value is -2.81. The van der Waals surface area contributed by atoms with E-state index in [1.807, 2.05) is 58.1 Å². The van der Waals surface area contributed by atoms with E-state index in [9.17, 15) is 4.79 Å². The van der Waals surface area contributed by atoms with E-state index in [1.54, 1.807) is 0 Å². The van der Waals surface area contributed by atoms with Crippen LogP contribution in [0.5, 0.6) is 0 Å². The number of aromatic nitrogens is 4. The Kier molecular flexibility index (Phi) is 5.67. The predicted molar refractivity (Wildman–Crippen MR) is 122 cm³/mol. The molecule has 158 valence electrons. The first-order valence-electron chi connectivity index (χ1n) is 9.97. The number of thioether (sulfide) groups is 1. The van der Waals surface area contributed by atoms with Gasteiger partial charge in [-0.3, -0.25) is 9.36 Å². The van der Waals surface area contributed by atoms with Gasteiger partial charge in [-0.05, 0) is 30.3 Å². The zero-order valence-corrected chi connectivity index (χ0v) is 18.2. The molecule has 0 atom stereocenters. The van der Waals surface area contributed by atoms with Crippen molar-refractivity contribution in [3.05, 3.63) is 59.8 Å². The van der Waals surface area contributed by atoms with E-state index in [-0.39, 0.29) is 5.91 Å². The molecule has 2 aromatic heterocycles. The van der Waals surface area contributed by atoms with E-state index in [0.717, 1.165) is 22.2 Å². The van der Waals surface area contributed by atoms with E-state index >= 15 is 0 Å². The number of hydrogen-bond donors (Lipinski definition) is 1. The van der Waals surface area contributed by atoms with Crippen LogP contribution in [0, 0.1) is 0 Å². The highest BCUT2D eigenvalue weighted by Gasteiger charge is 2.22. The first-order valence-corrected chi connectivity index (χ1v) is 11.3. The number of carbonyl (C=O) groups excluding carboxylic acids is 1. The maximum Gasteiger partial charge on any atom is 0.233 e. The number of ether oxygens (including phenoxy) is 1. The SMILES string of the molecule is O=C(CSc1nnc(-c2c[nH]c3ccccc23)n1-c1ccc(Cl)cc1)N1CCOCC1. The number of carbonyl (C=O) groups is 1. The Bertz CT molecular complexity index is 1210. The van der Waals surface area contributed by atoms with Gasteiger partial charge in [0.1, 0.15) is 0 Å². The third-order valence-electron chi connectivity index (χ3n) is 5.24. The number of para-hydroxylation sites is 1. The minimum absolute atomic E-state index is 0.0765. The van der Waals surface area contributed by atoms with Gasteiger partial charge in [0.05, 0.1) is 19.0 Å². The van der Waals surface area contributed by atoms with Crippen molar-refractivity contribution in [2.45, 2.75) is 5.16 Å². The molecule has 0 radical (unpaired) electrons. The van der Waals surface area contributed by atoms with Crippen molar-refractivity contribution in [1.29, 1.82) is 0 Å². The van der Waals surface area contributed by atoms with E-state index in [0.29, 0.717) is 48.1 Å². The van der Waals surface area contributed by atoms with Crippen molar-refractivity contribution in [3.8, 4) is 17.1 Å². The Balaban J connectivity index is 1.51. The van der Waals surface area contributed by atoms with Crippen LogP contribution in [0.2, 0.25) is 5.02 Å².